The molecular weight excluding hydrogens is 340 g/mol. The van der Waals surface area contributed by atoms with E-state index < -0.39 is 30.1 Å². The van der Waals surface area contributed by atoms with Crippen LogP contribution < -0.4 is 4.74 Å². The molecule has 3 N–H and O–H groups in total. The SMILES string of the molecule is COc1cc(O)c2c(c1)/C=C/[C@@H](O)C[C@H](O)C(=O)/C=C\C[C@H](C)OC2=O. The summed E-state index contributed by atoms with van der Waals surface area (Å²) in [5, 5.41) is 30.0. The molecule has 3 atom stereocenters. The second-order valence-electron chi connectivity index (χ2n) is 6.05. The minimum atomic E-state index is -1.34. The highest BCUT2D eigenvalue weighted by atomic mass is 16.5. The number of rotatable bonds is 1. The average Bonchev–Trinajstić information content (AvgIpc) is 2.58. The van der Waals surface area contributed by atoms with Crippen molar-refractivity contribution in [3.8, 4) is 11.5 Å². The van der Waals surface area contributed by atoms with Crippen LogP contribution in [0.1, 0.15) is 35.7 Å². The van der Waals surface area contributed by atoms with Gasteiger partial charge in [-0.05, 0) is 24.6 Å². The number of aromatic hydroxyl groups is 1. The summed E-state index contributed by atoms with van der Waals surface area (Å²) in [5.74, 6) is -1.26. The van der Waals surface area contributed by atoms with Crippen LogP contribution >= 0.6 is 0 Å². The lowest BCUT2D eigenvalue weighted by atomic mass is 10.0. The van der Waals surface area contributed by atoms with E-state index in [4.69, 9.17) is 9.47 Å². The number of esters is 1. The molecule has 0 unspecified atom stereocenters. The summed E-state index contributed by atoms with van der Waals surface area (Å²) in [5.41, 5.74) is 0.227. The topological polar surface area (TPSA) is 113 Å². The number of methoxy groups -OCH3 is 1. The number of hydrogen-bond acceptors (Lipinski definition) is 7. The van der Waals surface area contributed by atoms with Crippen LogP contribution in [0.5, 0.6) is 11.5 Å². The van der Waals surface area contributed by atoms with Gasteiger partial charge in [-0.2, -0.15) is 0 Å². The Morgan fingerprint density at radius 2 is 1.92 bits per heavy atom. The molecule has 0 aromatic heterocycles. The third-order valence-corrected chi connectivity index (χ3v) is 3.91. The molecule has 26 heavy (non-hydrogen) atoms. The molecule has 0 spiro atoms. The Balaban J connectivity index is 2.47. The Labute approximate surface area is 151 Å². The lowest BCUT2D eigenvalue weighted by Crippen LogP contribution is -2.24. The van der Waals surface area contributed by atoms with Crippen LogP contribution in [0.25, 0.3) is 6.08 Å². The number of ketones is 1. The molecule has 7 nitrogen and oxygen atoms in total. The summed E-state index contributed by atoms with van der Waals surface area (Å²) in [7, 11) is 1.41. The number of carbonyl (C=O) groups is 2. The molecule has 1 aliphatic heterocycles. The van der Waals surface area contributed by atoms with Crippen LogP contribution in [0, 0.1) is 0 Å². The van der Waals surface area contributed by atoms with E-state index >= 15 is 0 Å². The van der Waals surface area contributed by atoms with Crippen molar-refractivity contribution in [2.45, 2.75) is 38.1 Å². The predicted octanol–water partition coefficient (Wildman–Crippen LogP) is 1.60. The first-order chi connectivity index (χ1) is 12.3. The van der Waals surface area contributed by atoms with E-state index in [1.54, 1.807) is 6.92 Å². The number of cyclic esters (lactones) is 1. The van der Waals surface area contributed by atoms with E-state index in [0.717, 1.165) is 0 Å². The molecule has 1 aromatic rings. The molecule has 0 amide bonds. The number of hydrogen-bond donors (Lipinski definition) is 3. The fraction of sp³-hybridized carbons (Fsp3) is 0.368. The Hall–Kier alpha value is -2.64. The van der Waals surface area contributed by atoms with Crippen LogP contribution in [0.4, 0.5) is 0 Å². The first kappa shape index (κ1) is 19.7. The van der Waals surface area contributed by atoms with Gasteiger partial charge in [0.2, 0.25) is 0 Å². The van der Waals surface area contributed by atoms with Gasteiger partial charge in [0.15, 0.2) is 5.78 Å². The molecule has 7 heteroatoms. The van der Waals surface area contributed by atoms with Crippen molar-refractivity contribution in [3.05, 3.63) is 41.5 Å². The van der Waals surface area contributed by atoms with Gasteiger partial charge in [-0.15, -0.1) is 0 Å². The predicted molar refractivity (Wildman–Crippen MR) is 94.0 cm³/mol. The van der Waals surface area contributed by atoms with Gasteiger partial charge in [0.25, 0.3) is 0 Å². The summed E-state index contributed by atoms with van der Waals surface area (Å²) in [4.78, 5) is 24.3. The zero-order valence-electron chi connectivity index (χ0n) is 14.6. The number of aliphatic hydroxyl groups is 2. The molecule has 0 aliphatic carbocycles. The maximum Gasteiger partial charge on any atom is 0.342 e. The summed E-state index contributed by atoms with van der Waals surface area (Å²) < 4.78 is 10.4. The smallest absolute Gasteiger partial charge is 0.342 e. The molecule has 1 aromatic carbocycles. The lowest BCUT2D eigenvalue weighted by Gasteiger charge is -2.16. The monoisotopic (exact) mass is 362 g/mol. The van der Waals surface area contributed by atoms with Gasteiger partial charge in [0, 0.05) is 18.9 Å². The Morgan fingerprint density at radius 1 is 1.19 bits per heavy atom. The van der Waals surface area contributed by atoms with Crippen LogP contribution in [0.3, 0.4) is 0 Å². The van der Waals surface area contributed by atoms with Gasteiger partial charge < -0.3 is 24.8 Å². The zero-order chi connectivity index (χ0) is 19.3. The van der Waals surface area contributed by atoms with Crippen molar-refractivity contribution in [1.82, 2.24) is 0 Å². The van der Waals surface area contributed by atoms with Gasteiger partial charge in [-0.25, -0.2) is 4.79 Å². The van der Waals surface area contributed by atoms with Crippen molar-refractivity contribution in [2.75, 3.05) is 7.11 Å². The lowest BCUT2D eigenvalue weighted by molar-refractivity contribution is -0.123. The third kappa shape index (κ3) is 4.93. The second kappa shape index (κ2) is 8.64. The van der Waals surface area contributed by atoms with Crippen LogP contribution in [-0.4, -0.2) is 52.5 Å². The quantitative estimate of drug-likeness (QED) is 0.650. The molecule has 0 saturated heterocycles. The van der Waals surface area contributed by atoms with E-state index in [1.165, 1.54) is 43.5 Å². The number of fused-ring (bicyclic) bond motifs is 1. The maximum absolute atomic E-state index is 12.5. The molecule has 0 saturated carbocycles. The van der Waals surface area contributed by atoms with Crippen molar-refractivity contribution in [2.24, 2.45) is 0 Å². The van der Waals surface area contributed by atoms with Gasteiger partial charge in [0.05, 0.1) is 13.2 Å². The molecule has 0 fully saturated rings. The fourth-order valence-corrected chi connectivity index (χ4v) is 2.51. The van der Waals surface area contributed by atoms with Gasteiger partial charge in [-0.1, -0.05) is 18.2 Å². The van der Waals surface area contributed by atoms with E-state index in [0.29, 0.717) is 5.75 Å². The summed E-state index contributed by atoms with van der Waals surface area (Å²) in [6.07, 6.45) is 2.48. The standard InChI is InChI=1S/C19H22O7/c1-11-4-3-5-15(21)16(22)9-13(20)7-6-12-8-14(25-2)10-17(23)18(12)19(24)26-11/h3,5-8,10-11,13,16,20,22-23H,4,9H2,1-2H3/b5-3-,7-6+/t11-,13+,16-/m0/s1. The van der Waals surface area contributed by atoms with Crippen LogP contribution in [-0.2, 0) is 9.53 Å². The molecule has 2 rings (SSSR count). The number of phenolic OH excluding ortho intramolecular Hbond substituents is 1. The van der Waals surface area contributed by atoms with E-state index in [9.17, 15) is 24.9 Å². The maximum atomic E-state index is 12.5. The highest BCUT2D eigenvalue weighted by Crippen LogP contribution is 2.30. The molecule has 1 aliphatic rings. The van der Waals surface area contributed by atoms with Crippen molar-refractivity contribution in [3.63, 3.8) is 0 Å². The van der Waals surface area contributed by atoms with Crippen LogP contribution in [0.2, 0.25) is 0 Å². The third-order valence-electron chi connectivity index (χ3n) is 3.91. The second-order valence-corrected chi connectivity index (χ2v) is 6.05. The highest BCUT2D eigenvalue weighted by molar-refractivity contribution is 5.97. The molecule has 1 heterocycles. The normalized spacial score (nSPS) is 27.0. The van der Waals surface area contributed by atoms with Gasteiger partial charge in [0.1, 0.15) is 29.3 Å². The van der Waals surface area contributed by atoms with E-state index in [1.807, 2.05) is 0 Å². The number of benzene rings is 1. The molecular formula is C19H22O7. The number of aliphatic hydroxyl groups excluding tert-OH is 2. The van der Waals surface area contributed by atoms with Crippen molar-refractivity contribution >= 4 is 17.8 Å². The minimum absolute atomic E-state index is 0.0567. The highest BCUT2D eigenvalue weighted by Gasteiger charge is 2.22. The Bertz CT molecular complexity index is 736. The number of carbonyl (C=O) groups excluding carboxylic acids is 2. The summed E-state index contributed by atoms with van der Waals surface area (Å²) in [6.45, 7) is 1.65. The van der Waals surface area contributed by atoms with Crippen LogP contribution in [0.15, 0.2) is 30.4 Å². The molecule has 0 bridgehead atoms. The van der Waals surface area contributed by atoms with Crippen molar-refractivity contribution in [1.29, 1.82) is 0 Å². The Kier molecular flexibility index (Phi) is 6.54. The van der Waals surface area contributed by atoms with E-state index in [2.05, 4.69) is 0 Å². The molecule has 140 valence electrons. The largest absolute Gasteiger partial charge is 0.507 e. The van der Waals surface area contributed by atoms with E-state index in [-0.39, 0.29) is 29.7 Å². The first-order valence-corrected chi connectivity index (χ1v) is 8.18. The zero-order valence-corrected chi connectivity index (χ0v) is 14.6. The number of ether oxygens (including phenoxy) is 2. The molecule has 0 radical (unpaired) electrons. The Morgan fingerprint density at radius 3 is 2.62 bits per heavy atom. The summed E-state index contributed by atoms with van der Waals surface area (Å²) >= 11 is 0. The average molecular weight is 362 g/mol. The summed E-state index contributed by atoms with van der Waals surface area (Å²) in [6, 6.07) is 2.80. The van der Waals surface area contributed by atoms with Gasteiger partial charge in [-0.3, -0.25) is 4.79 Å². The van der Waals surface area contributed by atoms with Gasteiger partial charge >= 0.3 is 5.97 Å². The van der Waals surface area contributed by atoms with Crippen molar-refractivity contribution < 1.29 is 34.4 Å². The fourth-order valence-electron chi connectivity index (χ4n) is 2.51. The number of phenols is 1. The first-order valence-electron chi connectivity index (χ1n) is 8.18. The minimum Gasteiger partial charge on any atom is -0.507 e.